The van der Waals surface area contributed by atoms with Crippen molar-refractivity contribution in [1.82, 2.24) is 9.80 Å². The summed E-state index contributed by atoms with van der Waals surface area (Å²) < 4.78 is 5.47. The number of hydrogen-bond donors (Lipinski definition) is 3. The highest BCUT2D eigenvalue weighted by atomic mass is 16.6. The molecule has 1 fully saturated rings. The fraction of sp³-hybridized carbons (Fsp3) is 0.481. The van der Waals surface area contributed by atoms with Gasteiger partial charge in [-0.1, -0.05) is 13.0 Å². The molecule has 2 aliphatic rings. The van der Waals surface area contributed by atoms with Gasteiger partial charge in [-0.3, -0.25) is 4.79 Å². The Morgan fingerprint density at radius 1 is 1.00 bits per heavy atom. The van der Waals surface area contributed by atoms with E-state index in [1.807, 2.05) is 39.8 Å². The molecule has 0 spiro atoms. The van der Waals surface area contributed by atoms with Gasteiger partial charge in [-0.15, -0.1) is 0 Å². The van der Waals surface area contributed by atoms with Gasteiger partial charge < -0.3 is 30.1 Å². The Bertz CT molecular complexity index is 1120. The van der Waals surface area contributed by atoms with Crippen molar-refractivity contribution in [3.8, 4) is 11.5 Å². The van der Waals surface area contributed by atoms with Crippen LogP contribution < -0.4 is 5.32 Å². The molecule has 2 amide bonds. The van der Waals surface area contributed by atoms with Crippen LogP contribution in [0.25, 0.3) is 0 Å². The summed E-state index contributed by atoms with van der Waals surface area (Å²) in [5.41, 5.74) is 3.50. The second-order valence-electron chi connectivity index (χ2n) is 10.4. The lowest BCUT2D eigenvalue weighted by molar-refractivity contribution is 0.0210. The molecule has 4 rings (SSSR count). The zero-order valence-corrected chi connectivity index (χ0v) is 20.9. The minimum absolute atomic E-state index is 0.00102. The minimum Gasteiger partial charge on any atom is -0.508 e. The first-order valence-corrected chi connectivity index (χ1v) is 12.2. The number of nitrogens with one attached hydrogen (secondary N) is 1. The van der Waals surface area contributed by atoms with Crippen molar-refractivity contribution >= 4 is 17.7 Å². The summed E-state index contributed by atoms with van der Waals surface area (Å²) in [6.07, 6.45) is 1.98. The van der Waals surface area contributed by atoms with E-state index in [0.29, 0.717) is 38.2 Å². The monoisotopic (exact) mass is 481 g/mol. The number of aryl methyl sites for hydroxylation is 1. The number of phenolic OH excluding ortho intramolecular Hbond substituents is 2. The number of hydrogen-bond acceptors (Lipinski definition) is 6. The molecular formula is C27H35N3O5. The Morgan fingerprint density at radius 3 is 2.34 bits per heavy atom. The molecule has 0 radical (unpaired) electrons. The number of nitrogens with zero attached hydrogens (tertiary/aromatic N) is 2. The summed E-state index contributed by atoms with van der Waals surface area (Å²) in [5.74, 6) is -0.461. The molecule has 2 aliphatic heterocycles. The van der Waals surface area contributed by atoms with Crippen LogP contribution in [0.1, 0.15) is 67.6 Å². The van der Waals surface area contributed by atoms with Gasteiger partial charge in [-0.25, -0.2) is 4.79 Å². The number of fused-ring (bicyclic) bond motifs is 1. The van der Waals surface area contributed by atoms with E-state index in [9.17, 15) is 19.8 Å². The SMILES string of the molecule is CCc1cc(C(=O)N2Cc3ccc(NC4CCN(C(=O)OC(C)(C)C)CC4)cc3C2)c(O)cc1O. The predicted octanol–water partition coefficient (Wildman–Crippen LogP) is 4.63. The van der Waals surface area contributed by atoms with Crippen molar-refractivity contribution < 1.29 is 24.5 Å². The fourth-order valence-corrected chi connectivity index (χ4v) is 4.64. The number of aromatic hydroxyl groups is 2. The summed E-state index contributed by atoms with van der Waals surface area (Å²) >= 11 is 0. The lowest BCUT2D eigenvalue weighted by Gasteiger charge is -2.34. The van der Waals surface area contributed by atoms with Crippen LogP contribution in [0.15, 0.2) is 30.3 Å². The van der Waals surface area contributed by atoms with Gasteiger partial charge in [0.15, 0.2) is 0 Å². The van der Waals surface area contributed by atoms with Crippen LogP contribution in [0.3, 0.4) is 0 Å². The van der Waals surface area contributed by atoms with Crippen LogP contribution in [-0.4, -0.2) is 56.7 Å². The third-order valence-corrected chi connectivity index (χ3v) is 6.54. The number of benzene rings is 2. The van der Waals surface area contributed by atoms with Crippen LogP contribution >= 0.6 is 0 Å². The van der Waals surface area contributed by atoms with Gasteiger partial charge in [-0.2, -0.15) is 0 Å². The summed E-state index contributed by atoms with van der Waals surface area (Å²) in [5, 5.41) is 23.8. The summed E-state index contributed by atoms with van der Waals surface area (Å²) in [6.45, 7) is 9.74. The number of likely N-dealkylation sites (tertiary alicyclic amines) is 1. The van der Waals surface area contributed by atoms with E-state index in [1.54, 1.807) is 15.9 Å². The number of phenols is 2. The maximum atomic E-state index is 13.1. The average molecular weight is 482 g/mol. The van der Waals surface area contributed by atoms with E-state index in [0.717, 1.165) is 29.7 Å². The third kappa shape index (κ3) is 5.63. The van der Waals surface area contributed by atoms with Crippen LogP contribution in [0.2, 0.25) is 0 Å². The van der Waals surface area contributed by atoms with Crippen molar-refractivity contribution in [3.63, 3.8) is 0 Å². The van der Waals surface area contributed by atoms with Crippen LogP contribution in [0.5, 0.6) is 11.5 Å². The third-order valence-electron chi connectivity index (χ3n) is 6.54. The van der Waals surface area contributed by atoms with Crippen molar-refractivity contribution in [2.75, 3.05) is 18.4 Å². The topological polar surface area (TPSA) is 102 Å². The highest BCUT2D eigenvalue weighted by molar-refractivity contribution is 5.97. The van der Waals surface area contributed by atoms with E-state index < -0.39 is 5.60 Å². The first-order valence-electron chi connectivity index (χ1n) is 12.2. The molecule has 2 aromatic rings. The molecule has 35 heavy (non-hydrogen) atoms. The van der Waals surface area contributed by atoms with E-state index in [-0.39, 0.29) is 35.1 Å². The first-order chi connectivity index (χ1) is 16.5. The summed E-state index contributed by atoms with van der Waals surface area (Å²) in [6, 6.07) is 9.22. The Labute approximate surface area is 206 Å². The Kier molecular flexibility index (Phi) is 6.83. The minimum atomic E-state index is -0.495. The zero-order chi connectivity index (χ0) is 25.3. The Morgan fingerprint density at radius 2 is 1.69 bits per heavy atom. The number of amides is 2. The highest BCUT2D eigenvalue weighted by Gasteiger charge is 2.29. The molecule has 0 atom stereocenters. The molecule has 0 unspecified atom stereocenters. The van der Waals surface area contributed by atoms with Crippen LogP contribution in [0.4, 0.5) is 10.5 Å². The second kappa shape index (κ2) is 9.68. The predicted molar refractivity (Wildman–Crippen MR) is 134 cm³/mol. The average Bonchev–Trinajstić information content (AvgIpc) is 3.21. The molecule has 8 nitrogen and oxygen atoms in total. The van der Waals surface area contributed by atoms with Gasteiger partial charge in [0.25, 0.3) is 5.91 Å². The van der Waals surface area contributed by atoms with Crippen molar-refractivity contribution in [3.05, 3.63) is 52.6 Å². The lowest BCUT2D eigenvalue weighted by atomic mass is 10.0. The van der Waals surface area contributed by atoms with Gasteiger partial charge in [-0.05, 0) is 74.9 Å². The Hall–Kier alpha value is -3.42. The van der Waals surface area contributed by atoms with Gasteiger partial charge in [0.05, 0.1) is 5.56 Å². The summed E-state index contributed by atoms with van der Waals surface area (Å²) in [4.78, 5) is 28.9. The van der Waals surface area contributed by atoms with Crippen molar-refractivity contribution in [2.24, 2.45) is 0 Å². The smallest absolute Gasteiger partial charge is 0.410 e. The summed E-state index contributed by atoms with van der Waals surface area (Å²) in [7, 11) is 0. The molecule has 2 aromatic carbocycles. The van der Waals surface area contributed by atoms with Crippen molar-refractivity contribution in [2.45, 2.75) is 71.7 Å². The highest BCUT2D eigenvalue weighted by Crippen LogP contribution is 2.32. The molecule has 2 heterocycles. The number of rotatable bonds is 4. The number of piperidine rings is 1. The maximum Gasteiger partial charge on any atom is 0.410 e. The maximum absolute atomic E-state index is 13.1. The number of anilines is 1. The zero-order valence-electron chi connectivity index (χ0n) is 20.9. The first kappa shape index (κ1) is 24.7. The van der Waals surface area contributed by atoms with Crippen LogP contribution in [-0.2, 0) is 24.2 Å². The van der Waals surface area contributed by atoms with Gasteiger partial charge >= 0.3 is 6.09 Å². The normalized spacial score (nSPS) is 16.2. The van der Waals surface area contributed by atoms with E-state index in [2.05, 4.69) is 11.4 Å². The van der Waals surface area contributed by atoms with Gasteiger partial charge in [0, 0.05) is 44.0 Å². The van der Waals surface area contributed by atoms with E-state index in [1.165, 1.54) is 6.07 Å². The quantitative estimate of drug-likeness (QED) is 0.589. The Balaban J connectivity index is 1.36. The van der Waals surface area contributed by atoms with Crippen LogP contribution in [0, 0.1) is 0 Å². The standard InChI is InChI=1S/C27H35N3O5/c1-5-17-13-22(24(32)14-23(17)31)25(33)30-15-18-6-7-21(12-19(18)16-30)28-20-8-10-29(11-9-20)26(34)35-27(2,3)4/h6-7,12-14,20,28,31-32H,5,8-11,15-16H2,1-4H3. The van der Waals surface area contributed by atoms with E-state index >= 15 is 0 Å². The molecule has 0 aromatic heterocycles. The molecule has 188 valence electrons. The van der Waals surface area contributed by atoms with E-state index in [4.69, 9.17) is 4.74 Å². The molecule has 8 heteroatoms. The molecular weight excluding hydrogens is 446 g/mol. The lowest BCUT2D eigenvalue weighted by Crippen LogP contribution is -2.44. The second-order valence-corrected chi connectivity index (χ2v) is 10.4. The van der Waals surface area contributed by atoms with Crippen molar-refractivity contribution in [1.29, 1.82) is 0 Å². The number of ether oxygens (including phenoxy) is 1. The number of carbonyl (C=O) groups excluding carboxylic acids is 2. The molecule has 1 saturated heterocycles. The molecule has 3 N–H and O–H groups in total. The molecule has 0 saturated carbocycles. The fourth-order valence-electron chi connectivity index (χ4n) is 4.64. The largest absolute Gasteiger partial charge is 0.508 e. The number of carbonyl (C=O) groups is 2. The molecule has 0 aliphatic carbocycles. The van der Waals surface area contributed by atoms with Gasteiger partial charge in [0.1, 0.15) is 17.1 Å². The van der Waals surface area contributed by atoms with Gasteiger partial charge in [0.2, 0.25) is 0 Å². The molecule has 0 bridgehead atoms.